The standard InChI is InChI=1S/C17H20Cl2N2O/c1-12-9-20-21(10-12)11-17-14(4-2-3-7-22-17)13-5-6-15(18)16(19)8-13/h5-6,8-10,14,17H,2-4,7,11H2,1H3/t14?,17-/m0/s1. The maximum Gasteiger partial charge on any atom is 0.0839 e. The molecular formula is C17H20Cl2N2O. The van der Waals surface area contributed by atoms with Crippen molar-refractivity contribution >= 4 is 23.2 Å². The molecule has 2 atom stereocenters. The molecule has 2 aromatic rings. The monoisotopic (exact) mass is 338 g/mol. The van der Waals surface area contributed by atoms with Crippen LogP contribution in [-0.4, -0.2) is 22.5 Å². The number of aryl methyl sites for hydroxylation is 1. The van der Waals surface area contributed by atoms with Crippen LogP contribution in [0, 0.1) is 6.92 Å². The van der Waals surface area contributed by atoms with Crippen LogP contribution in [0.4, 0.5) is 0 Å². The first-order chi connectivity index (χ1) is 10.6. The summed E-state index contributed by atoms with van der Waals surface area (Å²) in [5, 5.41) is 5.59. The van der Waals surface area contributed by atoms with E-state index in [1.54, 1.807) is 0 Å². The molecule has 0 spiro atoms. The van der Waals surface area contributed by atoms with Gasteiger partial charge in [-0.05, 0) is 43.0 Å². The zero-order chi connectivity index (χ0) is 15.5. The molecule has 1 unspecified atom stereocenters. The zero-order valence-corrected chi connectivity index (χ0v) is 14.1. The molecule has 0 N–H and O–H groups in total. The molecule has 22 heavy (non-hydrogen) atoms. The first-order valence-electron chi connectivity index (χ1n) is 7.69. The molecule has 1 fully saturated rings. The number of hydrogen-bond donors (Lipinski definition) is 0. The van der Waals surface area contributed by atoms with Gasteiger partial charge in [0.2, 0.25) is 0 Å². The number of hydrogen-bond acceptors (Lipinski definition) is 2. The molecule has 1 saturated heterocycles. The number of benzene rings is 1. The summed E-state index contributed by atoms with van der Waals surface area (Å²) in [5.74, 6) is 0.321. The lowest BCUT2D eigenvalue weighted by molar-refractivity contribution is 0.0316. The summed E-state index contributed by atoms with van der Waals surface area (Å²) in [6.07, 6.45) is 7.42. The number of halogens is 2. The third-order valence-corrected chi connectivity index (χ3v) is 4.93. The van der Waals surface area contributed by atoms with Gasteiger partial charge in [0, 0.05) is 18.7 Å². The number of ether oxygens (including phenoxy) is 1. The Morgan fingerprint density at radius 3 is 2.86 bits per heavy atom. The van der Waals surface area contributed by atoms with Gasteiger partial charge >= 0.3 is 0 Å². The van der Waals surface area contributed by atoms with Crippen molar-refractivity contribution in [1.82, 2.24) is 9.78 Å². The SMILES string of the molecule is Cc1cnn(C[C@@H]2OCCCCC2c2ccc(Cl)c(Cl)c2)c1. The van der Waals surface area contributed by atoms with E-state index in [9.17, 15) is 0 Å². The minimum atomic E-state index is 0.110. The molecule has 118 valence electrons. The molecule has 0 amide bonds. The van der Waals surface area contributed by atoms with E-state index in [1.807, 2.05) is 29.9 Å². The van der Waals surface area contributed by atoms with Crippen molar-refractivity contribution in [2.24, 2.45) is 0 Å². The van der Waals surface area contributed by atoms with Gasteiger partial charge in [-0.25, -0.2) is 0 Å². The maximum absolute atomic E-state index is 6.19. The van der Waals surface area contributed by atoms with Crippen molar-refractivity contribution in [3.05, 3.63) is 51.8 Å². The van der Waals surface area contributed by atoms with Gasteiger partial charge in [-0.3, -0.25) is 4.68 Å². The van der Waals surface area contributed by atoms with Crippen LogP contribution in [0.25, 0.3) is 0 Å². The highest BCUT2D eigenvalue weighted by Gasteiger charge is 2.27. The highest BCUT2D eigenvalue weighted by molar-refractivity contribution is 6.42. The van der Waals surface area contributed by atoms with Crippen molar-refractivity contribution in [2.75, 3.05) is 6.61 Å². The highest BCUT2D eigenvalue weighted by atomic mass is 35.5. The molecule has 1 aliphatic heterocycles. The molecule has 3 nitrogen and oxygen atoms in total. The predicted molar refractivity (Wildman–Crippen MR) is 89.8 cm³/mol. The fourth-order valence-electron chi connectivity index (χ4n) is 3.06. The van der Waals surface area contributed by atoms with Crippen molar-refractivity contribution < 1.29 is 4.74 Å². The largest absolute Gasteiger partial charge is 0.376 e. The quantitative estimate of drug-likeness (QED) is 0.799. The van der Waals surface area contributed by atoms with E-state index in [0.717, 1.165) is 26.0 Å². The van der Waals surface area contributed by atoms with Gasteiger partial charge in [0.15, 0.2) is 0 Å². The summed E-state index contributed by atoms with van der Waals surface area (Å²) in [7, 11) is 0. The summed E-state index contributed by atoms with van der Waals surface area (Å²) in [6.45, 7) is 3.62. The molecule has 0 bridgehead atoms. The van der Waals surface area contributed by atoms with Gasteiger partial charge in [0.25, 0.3) is 0 Å². The summed E-state index contributed by atoms with van der Waals surface area (Å²) < 4.78 is 8.08. The van der Waals surface area contributed by atoms with Crippen LogP contribution in [0.15, 0.2) is 30.6 Å². The third-order valence-electron chi connectivity index (χ3n) is 4.19. The fourth-order valence-corrected chi connectivity index (χ4v) is 3.37. The average molecular weight is 339 g/mol. The van der Waals surface area contributed by atoms with Gasteiger partial charge in [0.1, 0.15) is 0 Å². The second kappa shape index (κ2) is 7.03. The van der Waals surface area contributed by atoms with E-state index in [2.05, 4.69) is 17.4 Å². The Bertz CT molecular complexity index is 641. The summed E-state index contributed by atoms with van der Waals surface area (Å²) in [6, 6.07) is 5.92. The Kier molecular flexibility index (Phi) is 5.07. The second-order valence-electron chi connectivity index (χ2n) is 5.92. The number of rotatable bonds is 3. The molecule has 1 aliphatic rings. The molecule has 1 aromatic carbocycles. The van der Waals surface area contributed by atoms with Gasteiger partial charge in [-0.15, -0.1) is 0 Å². The van der Waals surface area contributed by atoms with Crippen molar-refractivity contribution in [1.29, 1.82) is 0 Å². The summed E-state index contributed by atoms with van der Waals surface area (Å²) in [5.41, 5.74) is 2.37. The number of nitrogens with zero attached hydrogens (tertiary/aromatic N) is 2. The first-order valence-corrected chi connectivity index (χ1v) is 8.44. The van der Waals surface area contributed by atoms with E-state index >= 15 is 0 Å². The van der Waals surface area contributed by atoms with Crippen LogP contribution in [0.3, 0.4) is 0 Å². The lowest BCUT2D eigenvalue weighted by Gasteiger charge is -2.25. The molecular weight excluding hydrogens is 319 g/mol. The molecule has 5 heteroatoms. The molecule has 2 heterocycles. The Labute approximate surface area is 141 Å². The Morgan fingerprint density at radius 2 is 2.14 bits per heavy atom. The minimum Gasteiger partial charge on any atom is -0.376 e. The van der Waals surface area contributed by atoms with Crippen LogP contribution in [0.1, 0.15) is 36.3 Å². The fraction of sp³-hybridized carbons (Fsp3) is 0.471. The average Bonchev–Trinajstić information content (AvgIpc) is 2.76. The van der Waals surface area contributed by atoms with Crippen LogP contribution in [0.5, 0.6) is 0 Å². The Hall–Kier alpha value is -1.03. The smallest absolute Gasteiger partial charge is 0.0839 e. The molecule has 0 saturated carbocycles. The second-order valence-corrected chi connectivity index (χ2v) is 6.74. The zero-order valence-electron chi connectivity index (χ0n) is 12.6. The van der Waals surface area contributed by atoms with Crippen LogP contribution >= 0.6 is 23.2 Å². The number of aromatic nitrogens is 2. The van der Waals surface area contributed by atoms with E-state index in [4.69, 9.17) is 27.9 Å². The predicted octanol–water partition coefficient (Wildman–Crippen LogP) is 4.85. The first kappa shape index (κ1) is 15.9. The van der Waals surface area contributed by atoms with Crippen molar-refractivity contribution in [3.8, 4) is 0 Å². The topological polar surface area (TPSA) is 27.1 Å². The van der Waals surface area contributed by atoms with Crippen LogP contribution in [0.2, 0.25) is 10.0 Å². The van der Waals surface area contributed by atoms with Gasteiger partial charge in [-0.1, -0.05) is 35.7 Å². The van der Waals surface area contributed by atoms with E-state index in [1.165, 1.54) is 17.5 Å². The van der Waals surface area contributed by atoms with Crippen LogP contribution in [-0.2, 0) is 11.3 Å². The Balaban J connectivity index is 1.85. The molecule has 1 aromatic heterocycles. The van der Waals surface area contributed by atoms with Crippen LogP contribution < -0.4 is 0 Å². The molecule has 0 aliphatic carbocycles. The highest BCUT2D eigenvalue weighted by Crippen LogP contribution is 2.34. The van der Waals surface area contributed by atoms with E-state index in [0.29, 0.717) is 16.0 Å². The van der Waals surface area contributed by atoms with Gasteiger partial charge in [0.05, 0.1) is 28.9 Å². The Morgan fingerprint density at radius 1 is 1.27 bits per heavy atom. The lowest BCUT2D eigenvalue weighted by atomic mass is 9.89. The van der Waals surface area contributed by atoms with Crippen molar-refractivity contribution in [3.63, 3.8) is 0 Å². The molecule has 3 rings (SSSR count). The minimum absolute atomic E-state index is 0.110. The summed E-state index contributed by atoms with van der Waals surface area (Å²) in [4.78, 5) is 0. The maximum atomic E-state index is 6.19. The van der Waals surface area contributed by atoms with Gasteiger partial charge in [-0.2, -0.15) is 5.10 Å². The van der Waals surface area contributed by atoms with E-state index in [-0.39, 0.29) is 6.10 Å². The summed E-state index contributed by atoms with van der Waals surface area (Å²) >= 11 is 12.2. The van der Waals surface area contributed by atoms with Gasteiger partial charge < -0.3 is 4.74 Å². The third kappa shape index (κ3) is 3.65. The molecule has 0 radical (unpaired) electrons. The lowest BCUT2D eigenvalue weighted by Crippen LogP contribution is -2.27. The normalized spacial score (nSPS) is 22.5. The van der Waals surface area contributed by atoms with E-state index < -0.39 is 0 Å². The van der Waals surface area contributed by atoms with Crippen molar-refractivity contribution in [2.45, 2.75) is 44.8 Å².